The smallest absolute Gasteiger partial charge is 0.119 e. The Morgan fingerprint density at radius 2 is 1.59 bits per heavy atom. The number of hydrogen-bond donors (Lipinski definition) is 0. The van der Waals surface area contributed by atoms with Crippen LogP contribution >= 0.6 is 0 Å². The predicted molar refractivity (Wildman–Crippen MR) is 106 cm³/mol. The number of ether oxygens (including phenoxy) is 2. The first kappa shape index (κ1) is 17.6. The molecule has 0 radical (unpaired) electrons. The van der Waals surface area contributed by atoms with Gasteiger partial charge in [-0.15, -0.1) is 0 Å². The molecule has 27 heavy (non-hydrogen) atoms. The molecule has 0 spiro atoms. The molecule has 5 heteroatoms. The van der Waals surface area contributed by atoms with Gasteiger partial charge in [-0.25, -0.2) is 4.68 Å². The minimum absolute atomic E-state index is 0.864. The standard InChI is InChI=1S/C22H25N3O2/c1-26-20-9-5-17(6-10-20)15-24-13-3-4-22-18(16-24)14-23-25(22)19-7-11-21(27-2)12-8-19/h5-12,14H,3-4,13,15-16H2,1-2H3. The Labute approximate surface area is 160 Å². The van der Waals surface area contributed by atoms with Crippen molar-refractivity contribution in [1.29, 1.82) is 0 Å². The molecule has 0 unspecified atom stereocenters. The Morgan fingerprint density at radius 3 is 2.26 bits per heavy atom. The average Bonchev–Trinajstić information content (AvgIpc) is 3.00. The molecule has 2 heterocycles. The van der Waals surface area contributed by atoms with Crippen LogP contribution in [-0.2, 0) is 19.5 Å². The molecular weight excluding hydrogens is 338 g/mol. The van der Waals surface area contributed by atoms with Crippen LogP contribution in [0.4, 0.5) is 0 Å². The molecule has 5 nitrogen and oxygen atoms in total. The summed E-state index contributed by atoms with van der Waals surface area (Å²) < 4.78 is 12.6. The number of hydrogen-bond acceptors (Lipinski definition) is 4. The zero-order chi connectivity index (χ0) is 18.6. The van der Waals surface area contributed by atoms with Crippen molar-refractivity contribution >= 4 is 0 Å². The van der Waals surface area contributed by atoms with E-state index in [0.29, 0.717) is 0 Å². The molecule has 2 aromatic carbocycles. The summed E-state index contributed by atoms with van der Waals surface area (Å²) >= 11 is 0. The molecule has 0 amide bonds. The van der Waals surface area contributed by atoms with Crippen molar-refractivity contribution in [3.05, 3.63) is 71.5 Å². The highest BCUT2D eigenvalue weighted by Gasteiger charge is 2.19. The fourth-order valence-electron chi connectivity index (χ4n) is 3.67. The molecule has 0 fully saturated rings. The SMILES string of the molecule is COc1ccc(CN2CCCc3c(cnn3-c3ccc(OC)cc3)C2)cc1. The zero-order valence-corrected chi connectivity index (χ0v) is 15.9. The maximum Gasteiger partial charge on any atom is 0.119 e. The summed E-state index contributed by atoms with van der Waals surface area (Å²) in [5, 5.41) is 4.66. The van der Waals surface area contributed by atoms with Gasteiger partial charge >= 0.3 is 0 Å². The van der Waals surface area contributed by atoms with Gasteiger partial charge in [0, 0.05) is 24.3 Å². The van der Waals surface area contributed by atoms with Crippen LogP contribution in [0.25, 0.3) is 5.69 Å². The van der Waals surface area contributed by atoms with Gasteiger partial charge in [-0.3, -0.25) is 4.90 Å². The lowest BCUT2D eigenvalue weighted by Crippen LogP contribution is -2.22. The molecule has 0 saturated carbocycles. The van der Waals surface area contributed by atoms with E-state index in [1.165, 1.54) is 16.8 Å². The molecule has 0 N–H and O–H groups in total. The number of nitrogens with zero attached hydrogens (tertiary/aromatic N) is 3. The second-order valence-electron chi connectivity index (χ2n) is 6.89. The summed E-state index contributed by atoms with van der Waals surface area (Å²) in [4.78, 5) is 2.49. The summed E-state index contributed by atoms with van der Waals surface area (Å²) in [6.45, 7) is 2.96. The van der Waals surface area contributed by atoms with Crippen molar-refractivity contribution in [3.63, 3.8) is 0 Å². The van der Waals surface area contributed by atoms with E-state index in [1.54, 1.807) is 14.2 Å². The normalized spacial score (nSPS) is 14.4. The Hall–Kier alpha value is -2.79. The van der Waals surface area contributed by atoms with Gasteiger partial charge in [0.25, 0.3) is 0 Å². The summed E-state index contributed by atoms with van der Waals surface area (Å²) in [6, 6.07) is 16.4. The van der Waals surface area contributed by atoms with Crippen molar-refractivity contribution in [2.45, 2.75) is 25.9 Å². The van der Waals surface area contributed by atoms with Gasteiger partial charge in [0.2, 0.25) is 0 Å². The van der Waals surface area contributed by atoms with Crippen molar-refractivity contribution in [2.24, 2.45) is 0 Å². The van der Waals surface area contributed by atoms with Crippen LogP contribution in [-0.4, -0.2) is 35.4 Å². The highest BCUT2D eigenvalue weighted by molar-refractivity contribution is 5.39. The molecular formula is C22H25N3O2. The van der Waals surface area contributed by atoms with Crippen LogP contribution < -0.4 is 9.47 Å². The predicted octanol–water partition coefficient (Wildman–Crippen LogP) is 3.84. The molecule has 140 valence electrons. The van der Waals surface area contributed by atoms with Gasteiger partial charge in [0.1, 0.15) is 11.5 Å². The number of fused-ring (bicyclic) bond motifs is 1. The molecule has 1 aliphatic heterocycles. The monoisotopic (exact) mass is 363 g/mol. The van der Waals surface area contributed by atoms with E-state index >= 15 is 0 Å². The lowest BCUT2D eigenvalue weighted by atomic mass is 10.1. The van der Waals surface area contributed by atoms with Crippen molar-refractivity contribution in [1.82, 2.24) is 14.7 Å². The summed E-state index contributed by atoms with van der Waals surface area (Å²) in [5.74, 6) is 1.76. The third-order valence-corrected chi connectivity index (χ3v) is 5.12. The number of rotatable bonds is 5. The van der Waals surface area contributed by atoms with Crippen molar-refractivity contribution in [3.8, 4) is 17.2 Å². The lowest BCUT2D eigenvalue weighted by molar-refractivity contribution is 0.260. The highest BCUT2D eigenvalue weighted by atomic mass is 16.5. The van der Waals surface area contributed by atoms with E-state index in [-0.39, 0.29) is 0 Å². The lowest BCUT2D eigenvalue weighted by Gasteiger charge is -2.19. The quantitative estimate of drug-likeness (QED) is 0.690. The minimum Gasteiger partial charge on any atom is -0.497 e. The first-order chi connectivity index (χ1) is 13.3. The first-order valence-electron chi connectivity index (χ1n) is 9.32. The fraction of sp³-hybridized carbons (Fsp3) is 0.318. The molecule has 1 aliphatic rings. The van der Waals surface area contributed by atoms with Gasteiger partial charge in [0.15, 0.2) is 0 Å². The largest absolute Gasteiger partial charge is 0.497 e. The van der Waals surface area contributed by atoms with Gasteiger partial charge in [-0.2, -0.15) is 5.10 Å². The topological polar surface area (TPSA) is 39.5 Å². The first-order valence-corrected chi connectivity index (χ1v) is 9.32. The third kappa shape index (κ3) is 3.83. The summed E-state index contributed by atoms with van der Waals surface area (Å²) in [6.07, 6.45) is 4.19. The zero-order valence-electron chi connectivity index (χ0n) is 15.9. The van der Waals surface area contributed by atoms with Gasteiger partial charge in [-0.1, -0.05) is 12.1 Å². The molecule has 0 saturated heterocycles. The summed E-state index contributed by atoms with van der Waals surface area (Å²) in [7, 11) is 3.39. The maximum absolute atomic E-state index is 5.26. The Kier molecular flexibility index (Phi) is 5.12. The van der Waals surface area contributed by atoms with Crippen molar-refractivity contribution < 1.29 is 9.47 Å². The van der Waals surface area contributed by atoms with E-state index in [0.717, 1.165) is 49.7 Å². The van der Waals surface area contributed by atoms with Crippen LogP contribution in [0.1, 0.15) is 23.2 Å². The number of benzene rings is 2. The van der Waals surface area contributed by atoms with Gasteiger partial charge in [-0.05, 0) is 61.3 Å². The van der Waals surface area contributed by atoms with Crippen LogP contribution in [0, 0.1) is 0 Å². The molecule has 4 rings (SSSR count). The molecule has 3 aromatic rings. The second kappa shape index (κ2) is 7.84. The Bertz CT molecular complexity index is 885. The highest BCUT2D eigenvalue weighted by Crippen LogP contribution is 2.24. The van der Waals surface area contributed by atoms with E-state index in [9.17, 15) is 0 Å². The van der Waals surface area contributed by atoms with E-state index in [2.05, 4.69) is 38.9 Å². The van der Waals surface area contributed by atoms with Crippen molar-refractivity contribution in [2.75, 3.05) is 20.8 Å². The molecule has 0 bridgehead atoms. The fourth-order valence-corrected chi connectivity index (χ4v) is 3.67. The average molecular weight is 363 g/mol. The van der Waals surface area contributed by atoms with Crippen LogP contribution in [0.15, 0.2) is 54.7 Å². The number of methoxy groups -OCH3 is 2. The summed E-state index contributed by atoms with van der Waals surface area (Å²) in [5.41, 5.74) is 5.02. The maximum atomic E-state index is 5.26. The van der Waals surface area contributed by atoms with Gasteiger partial charge < -0.3 is 9.47 Å². The van der Waals surface area contributed by atoms with E-state index in [1.807, 2.05) is 30.5 Å². The minimum atomic E-state index is 0.864. The van der Waals surface area contributed by atoms with E-state index < -0.39 is 0 Å². The number of aromatic nitrogens is 2. The molecule has 0 aliphatic carbocycles. The Balaban J connectivity index is 1.51. The Morgan fingerprint density at radius 1 is 0.926 bits per heavy atom. The molecule has 1 aromatic heterocycles. The van der Waals surface area contributed by atoms with Crippen LogP contribution in [0.5, 0.6) is 11.5 Å². The van der Waals surface area contributed by atoms with Crippen LogP contribution in [0.3, 0.4) is 0 Å². The third-order valence-electron chi connectivity index (χ3n) is 5.12. The van der Waals surface area contributed by atoms with Crippen LogP contribution in [0.2, 0.25) is 0 Å². The van der Waals surface area contributed by atoms with E-state index in [4.69, 9.17) is 9.47 Å². The molecule has 0 atom stereocenters. The van der Waals surface area contributed by atoms with Gasteiger partial charge in [0.05, 0.1) is 26.1 Å². The second-order valence-corrected chi connectivity index (χ2v) is 6.89.